The predicted molar refractivity (Wildman–Crippen MR) is 45.1 cm³/mol. The third-order valence-electron chi connectivity index (χ3n) is 2.13. The largest absolute Gasteiger partial charge is 0.314 e. The molecule has 1 heteroatoms. The van der Waals surface area contributed by atoms with Crippen molar-refractivity contribution in [2.45, 2.75) is 38.1 Å². The summed E-state index contributed by atoms with van der Waals surface area (Å²) in [5, 5.41) is 3.28. The van der Waals surface area contributed by atoms with E-state index in [1.54, 1.807) is 0 Å². The summed E-state index contributed by atoms with van der Waals surface area (Å²) in [4.78, 5) is 0. The fraction of sp³-hybridized carbons (Fsp3) is 0.778. The highest BCUT2D eigenvalue weighted by molar-refractivity contribution is 4.93. The molecule has 1 aliphatic carbocycles. The third kappa shape index (κ3) is 2.53. The van der Waals surface area contributed by atoms with Gasteiger partial charge in [0.05, 0.1) is 0 Å². The van der Waals surface area contributed by atoms with Gasteiger partial charge >= 0.3 is 0 Å². The maximum Gasteiger partial charge on any atom is 0.0247 e. The minimum Gasteiger partial charge on any atom is -0.314 e. The van der Waals surface area contributed by atoms with Crippen LogP contribution in [0.4, 0.5) is 0 Å². The van der Waals surface area contributed by atoms with Crippen LogP contribution in [0.1, 0.15) is 32.1 Å². The van der Waals surface area contributed by atoms with E-state index in [9.17, 15) is 0 Å². The molecule has 0 bridgehead atoms. The van der Waals surface area contributed by atoms with Gasteiger partial charge in [-0.1, -0.05) is 25.0 Å². The van der Waals surface area contributed by atoms with E-state index in [2.05, 4.69) is 17.5 Å². The van der Waals surface area contributed by atoms with Crippen molar-refractivity contribution >= 4 is 0 Å². The molecule has 0 aromatic heterocycles. The highest BCUT2D eigenvalue weighted by Crippen LogP contribution is 2.10. The van der Waals surface area contributed by atoms with Crippen LogP contribution in [-0.4, -0.2) is 13.1 Å². The molecule has 58 valence electrons. The Bertz CT molecular complexity index is 107. The van der Waals surface area contributed by atoms with Gasteiger partial charge in [-0.25, -0.2) is 0 Å². The Balaban J connectivity index is 2.33. The van der Waals surface area contributed by atoms with Gasteiger partial charge in [0.2, 0.25) is 0 Å². The second-order valence-electron chi connectivity index (χ2n) is 2.96. The number of hydrogen-bond donors (Lipinski definition) is 1. The highest BCUT2D eigenvalue weighted by atomic mass is 14.9. The molecular formula is C9H17N. The number of hydrogen-bond acceptors (Lipinski definition) is 1. The summed E-state index contributed by atoms with van der Waals surface area (Å²) in [5.41, 5.74) is 0. The van der Waals surface area contributed by atoms with Crippen LogP contribution in [0, 0.1) is 0 Å². The zero-order valence-electron chi connectivity index (χ0n) is 6.77. The first-order valence-electron chi connectivity index (χ1n) is 4.27. The van der Waals surface area contributed by atoms with E-state index in [1.165, 1.54) is 32.1 Å². The summed E-state index contributed by atoms with van der Waals surface area (Å²) >= 11 is 0. The summed E-state index contributed by atoms with van der Waals surface area (Å²) in [6.45, 7) is 0. The van der Waals surface area contributed by atoms with Gasteiger partial charge in [-0.2, -0.15) is 0 Å². The van der Waals surface area contributed by atoms with Crippen LogP contribution >= 0.6 is 0 Å². The lowest BCUT2D eigenvalue weighted by Crippen LogP contribution is -2.22. The quantitative estimate of drug-likeness (QED) is 0.548. The molecule has 0 saturated carbocycles. The monoisotopic (exact) mass is 139 g/mol. The second kappa shape index (κ2) is 4.51. The molecule has 1 atom stereocenters. The Labute approximate surface area is 63.5 Å². The van der Waals surface area contributed by atoms with E-state index < -0.39 is 0 Å². The maximum absolute atomic E-state index is 3.28. The highest BCUT2D eigenvalue weighted by Gasteiger charge is 2.02. The summed E-state index contributed by atoms with van der Waals surface area (Å²) < 4.78 is 0. The van der Waals surface area contributed by atoms with E-state index >= 15 is 0 Å². The molecular weight excluding hydrogens is 122 g/mol. The normalized spacial score (nSPS) is 30.7. The van der Waals surface area contributed by atoms with Crippen LogP contribution < -0.4 is 5.32 Å². The van der Waals surface area contributed by atoms with Gasteiger partial charge in [0.25, 0.3) is 0 Å². The van der Waals surface area contributed by atoms with E-state index in [1.807, 2.05) is 7.05 Å². The molecule has 1 unspecified atom stereocenters. The first-order valence-corrected chi connectivity index (χ1v) is 4.27. The molecule has 10 heavy (non-hydrogen) atoms. The zero-order chi connectivity index (χ0) is 7.23. The smallest absolute Gasteiger partial charge is 0.0247 e. The average Bonchev–Trinajstić information content (AvgIpc) is 1.87. The minimum absolute atomic E-state index is 0.639. The molecule has 0 spiro atoms. The van der Waals surface area contributed by atoms with Crippen LogP contribution in [0.5, 0.6) is 0 Å². The van der Waals surface area contributed by atoms with Crippen LogP contribution in [0.25, 0.3) is 0 Å². The summed E-state index contributed by atoms with van der Waals surface area (Å²) in [7, 11) is 2.04. The molecule has 0 aromatic carbocycles. The first-order chi connectivity index (χ1) is 4.93. The topological polar surface area (TPSA) is 12.0 Å². The van der Waals surface area contributed by atoms with E-state index in [0.29, 0.717) is 6.04 Å². The number of allylic oxidation sites excluding steroid dienone is 1. The second-order valence-corrected chi connectivity index (χ2v) is 2.96. The van der Waals surface area contributed by atoms with Crippen molar-refractivity contribution in [3.63, 3.8) is 0 Å². The molecule has 0 saturated heterocycles. The maximum atomic E-state index is 3.28. The molecule has 1 rings (SSSR count). The van der Waals surface area contributed by atoms with Gasteiger partial charge in [0.1, 0.15) is 0 Å². The van der Waals surface area contributed by atoms with Crippen molar-refractivity contribution in [2.75, 3.05) is 7.05 Å². The molecule has 1 nitrogen and oxygen atoms in total. The standard InChI is InChI=1S/C9H17N/c1-10-9-7-5-3-2-4-6-8-9/h5,7,9-10H,2-4,6,8H2,1H3/b7-5-. The molecule has 0 radical (unpaired) electrons. The van der Waals surface area contributed by atoms with Crippen LogP contribution in [-0.2, 0) is 0 Å². The van der Waals surface area contributed by atoms with Crippen molar-refractivity contribution in [3.05, 3.63) is 12.2 Å². The molecule has 0 amide bonds. The molecule has 0 fully saturated rings. The Kier molecular flexibility index (Phi) is 3.52. The van der Waals surface area contributed by atoms with Crippen LogP contribution in [0.3, 0.4) is 0 Å². The Hall–Kier alpha value is -0.300. The summed E-state index contributed by atoms with van der Waals surface area (Å²) in [6, 6.07) is 0.639. The lowest BCUT2D eigenvalue weighted by atomic mass is 10.0. The van der Waals surface area contributed by atoms with Gasteiger partial charge < -0.3 is 5.32 Å². The van der Waals surface area contributed by atoms with Crippen LogP contribution in [0.15, 0.2) is 12.2 Å². The van der Waals surface area contributed by atoms with Crippen LogP contribution in [0.2, 0.25) is 0 Å². The fourth-order valence-electron chi connectivity index (χ4n) is 1.40. The molecule has 0 aromatic rings. The molecule has 1 aliphatic rings. The van der Waals surface area contributed by atoms with Gasteiger partial charge in [-0.3, -0.25) is 0 Å². The summed E-state index contributed by atoms with van der Waals surface area (Å²) in [6.07, 6.45) is 11.4. The van der Waals surface area contributed by atoms with E-state index in [4.69, 9.17) is 0 Å². The zero-order valence-corrected chi connectivity index (χ0v) is 6.77. The third-order valence-corrected chi connectivity index (χ3v) is 2.13. The van der Waals surface area contributed by atoms with E-state index in [-0.39, 0.29) is 0 Å². The Morgan fingerprint density at radius 3 is 3.00 bits per heavy atom. The lowest BCUT2D eigenvalue weighted by molar-refractivity contribution is 0.542. The predicted octanol–water partition coefficient (Wildman–Crippen LogP) is 2.09. The first kappa shape index (κ1) is 7.80. The lowest BCUT2D eigenvalue weighted by Gasteiger charge is -2.13. The number of likely N-dealkylation sites (N-methyl/N-ethyl adjacent to an activating group) is 1. The molecule has 0 heterocycles. The van der Waals surface area contributed by atoms with Crippen molar-refractivity contribution in [1.29, 1.82) is 0 Å². The average molecular weight is 139 g/mol. The van der Waals surface area contributed by atoms with Crippen molar-refractivity contribution in [2.24, 2.45) is 0 Å². The Morgan fingerprint density at radius 2 is 2.20 bits per heavy atom. The Morgan fingerprint density at radius 1 is 1.30 bits per heavy atom. The van der Waals surface area contributed by atoms with Gasteiger partial charge in [-0.15, -0.1) is 0 Å². The van der Waals surface area contributed by atoms with Crippen molar-refractivity contribution in [3.8, 4) is 0 Å². The fourth-order valence-corrected chi connectivity index (χ4v) is 1.40. The van der Waals surface area contributed by atoms with E-state index in [0.717, 1.165) is 0 Å². The number of rotatable bonds is 1. The summed E-state index contributed by atoms with van der Waals surface area (Å²) in [5.74, 6) is 0. The van der Waals surface area contributed by atoms with Gasteiger partial charge in [-0.05, 0) is 26.3 Å². The number of nitrogens with one attached hydrogen (secondary N) is 1. The van der Waals surface area contributed by atoms with Gasteiger partial charge in [0.15, 0.2) is 0 Å². The SMILES string of the molecule is CNC1/C=C\CCCCC1. The molecule has 0 aliphatic heterocycles. The minimum atomic E-state index is 0.639. The van der Waals surface area contributed by atoms with Crippen molar-refractivity contribution < 1.29 is 0 Å². The van der Waals surface area contributed by atoms with Gasteiger partial charge in [0, 0.05) is 6.04 Å². The van der Waals surface area contributed by atoms with Crippen molar-refractivity contribution in [1.82, 2.24) is 5.32 Å². The molecule has 1 N–H and O–H groups in total.